The van der Waals surface area contributed by atoms with Gasteiger partial charge in [0.1, 0.15) is 0 Å². The van der Waals surface area contributed by atoms with Gasteiger partial charge in [0.15, 0.2) is 0 Å². The number of allylic oxidation sites excluding steroid dienone is 1. The Morgan fingerprint density at radius 3 is 2.60 bits per heavy atom. The van der Waals surface area contributed by atoms with Crippen LogP contribution in [0.15, 0.2) is 43.0 Å². The lowest BCUT2D eigenvalue weighted by Gasteiger charge is -2.47. The maximum atomic E-state index is 12.6. The zero-order valence-corrected chi connectivity index (χ0v) is 15.1. The van der Waals surface area contributed by atoms with Crippen LogP contribution in [0, 0.1) is 5.41 Å². The standard InChI is InChI=1S/C21H30N2O2/c1-2-11-21(17-24)12-6-13-23(16-21)19-9-14-22(15-10-19)20(25)18-7-4-3-5-8-18/h2-5,7-8,19,24H,1,6,9-17H2/t21-/m1/s1. The minimum Gasteiger partial charge on any atom is -0.396 e. The van der Waals surface area contributed by atoms with Crippen LogP contribution in [0.3, 0.4) is 0 Å². The summed E-state index contributed by atoms with van der Waals surface area (Å²) in [6.07, 6.45) is 7.09. The van der Waals surface area contributed by atoms with Crippen molar-refractivity contribution >= 4 is 5.91 Å². The third-order valence-corrected chi connectivity index (χ3v) is 5.89. The molecule has 25 heavy (non-hydrogen) atoms. The highest BCUT2D eigenvalue weighted by atomic mass is 16.3. The molecule has 4 nitrogen and oxygen atoms in total. The highest BCUT2D eigenvalue weighted by molar-refractivity contribution is 5.94. The molecular formula is C21H30N2O2. The van der Waals surface area contributed by atoms with Gasteiger partial charge in [-0.15, -0.1) is 6.58 Å². The molecule has 0 aliphatic carbocycles. The number of aliphatic hydroxyl groups is 1. The summed E-state index contributed by atoms with van der Waals surface area (Å²) in [5, 5.41) is 9.90. The van der Waals surface area contributed by atoms with Crippen molar-refractivity contribution in [1.82, 2.24) is 9.80 Å². The van der Waals surface area contributed by atoms with E-state index in [1.807, 2.05) is 41.3 Å². The monoisotopic (exact) mass is 342 g/mol. The maximum absolute atomic E-state index is 12.6. The number of hydrogen-bond acceptors (Lipinski definition) is 3. The highest BCUT2D eigenvalue weighted by Crippen LogP contribution is 2.35. The molecule has 1 N–H and O–H groups in total. The third-order valence-electron chi connectivity index (χ3n) is 5.89. The van der Waals surface area contributed by atoms with Crippen molar-refractivity contribution in [1.29, 1.82) is 0 Å². The molecule has 1 aromatic rings. The highest BCUT2D eigenvalue weighted by Gasteiger charge is 2.37. The molecule has 0 spiro atoms. The van der Waals surface area contributed by atoms with Gasteiger partial charge >= 0.3 is 0 Å². The summed E-state index contributed by atoms with van der Waals surface area (Å²) >= 11 is 0. The normalized spacial score (nSPS) is 25.7. The van der Waals surface area contributed by atoms with E-state index in [-0.39, 0.29) is 17.9 Å². The Morgan fingerprint density at radius 2 is 1.96 bits per heavy atom. The van der Waals surface area contributed by atoms with E-state index in [0.717, 1.165) is 63.8 Å². The number of carbonyl (C=O) groups is 1. The molecule has 2 heterocycles. The van der Waals surface area contributed by atoms with Crippen LogP contribution >= 0.6 is 0 Å². The minimum absolute atomic E-state index is 0.0169. The number of hydrogen-bond donors (Lipinski definition) is 1. The minimum atomic E-state index is -0.0169. The van der Waals surface area contributed by atoms with Gasteiger partial charge in [-0.05, 0) is 50.8 Å². The van der Waals surface area contributed by atoms with Crippen molar-refractivity contribution in [2.75, 3.05) is 32.8 Å². The average molecular weight is 342 g/mol. The van der Waals surface area contributed by atoms with Crippen molar-refractivity contribution < 1.29 is 9.90 Å². The smallest absolute Gasteiger partial charge is 0.253 e. The van der Waals surface area contributed by atoms with Crippen LogP contribution < -0.4 is 0 Å². The van der Waals surface area contributed by atoms with Crippen molar-refractivity contribution in [3.63, 3.8) is 0 Å². The largest absolute Gasteiger partial charge is 0.396 e. The molecule has 3 rings (SSSR count). The molecule has 0 radical (unpaired) electrons. The second-order valence-electron chi connectivity index (χ2n) is 7.61. The summed E-state index contributed by atoms with van der Waals surface area (Å²) in [6, 6.07) is 10.1. The van der Waals surface area contributed by atoms with Crippen LogP contribution in [0.5, 0.6) is 0 Å². The average Bonchev–Trinajstić information content (AvgIpc) is 2.68. The summed E-state index contributed by atoms with van der Waals surface area (Å²) in [7, 11) is 0. The van der Waals surface area contributed by atoms with Crippen LogP contribution in [-0.4, -0.2) is 59.6 Å². The van der Waals surface area contributed by atoms with Gasteiger partial charge in [0, 0.05) is 36.7 Å². The zero-order chi connectivity index (χ0) is 17.7. The lowest BCUT2D eigenvalue weighted by molar-refractivity contribution is -0.000428. The van der Waals surface area contributed by atoms with Gasteiger partial charge < -0.3 is 10.0 Å². The fraction of sp³-hybridized carbons (Fsp3) is 0.571. The molecule has 0 saturated carbocycles. The van der Waals surface area contributed by atoms with Gasteiger partial charge in [0.05, 0.1) is 6.61 Å². The predicted molar refractivity (Wildman–Crippen MR) is 101 cm³/mol. The van der Waals surface area contributed by atoms with Crippen molar-refractivity contribution in [2.24, 2.45) is 5.41 Å². The van der Waals surface area contributed by atoms with Crippen LogP contribution in [-0.2, 0) is 0 Å². The maximum Gasteiger partial charge on any atom is 0.253 e. The molecule has 2 aliphatic rings. The van der Waals surface area contributed by atoms with E-state index in [9.17, 15) is 9.90 Å². The van der Waals surface area contributed by atoms with E-state index in [4.69, 9.17) is 0 Å². The van der Waals surface area contributed by atoms with Gasteiger partial charge in [0.2, 0.25) is 0 Å². The Balaban J connectivity index is 1.57. The van der Waals surface area contributed by atoms with Crippen molar-refractivity contribution in [3.05, 3.63) is 48.6 Å². The number of rotatable bonds is 5. The molecule has 2 fully saturated rings. The first kappa shape index (κ1) is 18.2. The summed E-state index contributed by atoms with van der Waals surface area (Å²) in [6.45, 7) is 7.81. The van der Waals surface area contributed by atoms with E-state index < -0.39 is 0 Å². The van der Waals surface area contributed by atoms with Crippen LogP contribution in [0.1, 0.15) is 42.5 Å². The summed E-state index contributed by atoms with van der Waals surface area (Å²) < 4.78 is 0. The summed E-state index contributed by atoms with van der Waals surface area (Å²) in [5.74, 6) is 0.147. The number of amides is 1. The van der Waals surface area contributed by atoms with E-state index >= 15 is 0 Å². The van der Waals surface area contributed by atoms with E-state index in [1.165, 1.54) is 0 Å². The SMILES string of the molecule is C=CC[C@@]1(CO)CCCN(C2CCN(C(=O)c3ccccc3)CC2)C1. The number of benzene rings is 1. The molecule has 2 aliphatic heterocycles. The van der Waals surface area contributed by atoms with Crippen molar-refractivity contribution in [2.45, 2.75) is 38.1 Å². The first-order chi connectivity index (χ1) is 12.2. The Labute approximate surface area is 151 Å². The lowest BCUT2D eigenvalue weighted by Crippen LogP contribution is -2.53. The molecular weight excluding hydrogens is 312 g/mol. The van der Waals surface area contributed by atoms with Gasteiger partial charge in [-0.25, -0.2) is 0 Å². The molecule has 0 unspecified atom stereocenters. The number of aliphatic hydroxyl groups excluding tert-OH is 1. The van der Waals surface area contributed by atoms with Gasteiger partial charge in [-0.3, -0.25) is 9.69 Å². The van der Waals surface area contributed by atoms with Gasteiger partial charge in [-0.1, -0.05) is 24.3 Å². The molecule has 1 aromatic carbocycles. The molecule has 0 bridgehead atoms. The van der Waals surface area contributed by atoms with Gasteiger partial charge in [0.25, 0.3) is 5.91 Å². The van der Waals surface area contributed by atoms with Crippen LogP contribution in [0.4, 0.5) is 0 Å². The summed E-state index contributed by atoms with van der Waals surface area (Å²) in [5.41, 5.74) is 0.765. The quantitative estimate of drug-likeness (QED) is 0.837. The second-order valence-corrected chi connectivity index (χ2v) is 7.61. The topological polar surface area (TPSA) is 43.8 Å². The van der Waals surface area contributed by atoms with E-state index in [0.29, 0.717) is 6.04 Å². The van der Waals surface area contributed by atoms with Crippen LogP contribution in [0.25, 0.3) is 0 Å². The lowest BCUT2D eigenvalue weighted by atomic mass is 9.77. The molecule has 4 heteroatoms. The Bertz CT molecular complexity index is 581. The molecule has 1 amide bonds. The molecule has 136 valence electrons. The Kier molecular flexibility index (Phi) is 5.92. The third kappa shape index (κ3) is 4.13. The number of likely N-dealkylation sites (tertiary alicyclic amines) is 2. The van der Waals surface area contributed by atoms with Crippen molar-refractivity contribution in [3.8, 4) is 0 Å². The first-order valence-corrected chi connectivity index (χ1v) is 9.47. The molecule has 1 atom stereocenters. The molecule has 0 aromatic heterocycles. The number of piperidine rings is 2. The summed E-state index contributed by atoms with van der Waals surface area (Å²) in [4.78, 5) is 17.1. The number of carbonyl (C=O) groups excluding carboxylic acids is 1. The Hall–Kier alpha value is -1.65. The molecule has 2 saturated heterocycles. The Morgan fingerprint density at radius 1 is 1.24 bits per heavy atom. The zero-order valence-electron chi connectivity index (χ0n) is 15.1. The van der Waals surface area contributed by atoms with E-state index in [2.05, 4.69) is 11.5 Å². The first-order valence-electron chi connectivity index (χ1n) is 9.47. The van der Waals surface area contributed by atoms with Gasteiger partial charge in [-0.2, -0.15) is 0 Å². The van der Waals surface area contributed by atoms with E-state index in [1.54, 1.807) is 0 Å². The fourth-order valence-electron chi connectivity index (χ4n) is 4.42. The second kappa shape index (κ2) is 8.15. The fourth-order valence-corrected chi connectivity index (χ4v) is 4.42. The predicted octanol–water partition coefficient (Wildman–Crippen LogP) is 2.94. The van der Waals surface area contributed by atoms with Crippen LogP contribution in [0.2, 0.25) is 0 Å². The number of nitrogens with zero attached hydrogens (tertiary/aromatic N) is 2.